The van der Waals surface area contributed by atoms with Crippen molar-refractivity contribution in [2.45, 2.75) is 13.0 Å². The average molecular weight is 244 g/mol. The molecule has 0 unspecified atom stereocenters. The second kappa shape index (κ2) is 4.38. The van der Waals surface area contributed by atoms with E-state index in [2.05, 4.69) is 4.98 Å². The van der Waals surface area contributed by atoms with Crippen LogP contribution in [0.2, 0.25) is 0 Å². The Bertz CT molecular complexity index is 569. The molecule has 1 aliphatic heterocycles. The summed E-state index contributed by atoms with van der Waals surface area (Å²) in [6.45, 7) is 0.794. The highest BCUT2D eigenvalue weighted by atomic mass is 19.1. The number of benzene rings is 1. The van der Waals surface area contributed by atoms with Crippen LogP contribution in [0.15, 0.2) is 36.5 Å². The minimum absolute atomic E-state index is 0.0154. The van der Waals surface area contributed by atoms with E-state index in [0.29, 0.717) is 0 Å². The fourth-order valence-corrected chi connectivity index (χ4v) is 2.26. The van der Waals surface area contributed by atoms with Gasteiger partial charge in [-0.25, -0.2) is 9.37 Å². The Morgan fingerprint density at radius 2 is 2.17 bits per heavy atom. The standard InChI is InChI=1S/C14H13FN2O/c15-12-3-2-11-5-6-17(13(11)7-12)14-4-1-10(9-18)8-16-14/h1-4,7-8,18H,5-6,9H2. The largest absolute Gasteiger partial charge is 0.392 e. The number of hydrogen-bond donors (Lipinski definition) is 1. The second-order valence-corrected chi connectivity index (χ2v) is 4.36. The monoisotopic (exact) mass is 244 g/mol. The Labute approximate surface area is 105 Å². The molecule has 2 heterocycles. The van der Waals surface area contributed by atoms with Gasteiger partial charge < -0.3 is 10.0 Å². The fraction of sp³-hybridized carbons (Fsp3) is 0.214. The topological polar surface area (TPSA) is 36.4 Å². The number of pyridine rings is 1. The Balaban J connectivity index is 1.97. The number of anilines is 2. The number of aromatic nitrogens is 1. The minimum Gasteiger partial charge on any atom is -0.392 e. The second-order valence-electron chi connectivity index (χ2n) is 4.36. The molecule has 18 heavy (non-hydrogen) atoms. The van der Waals surface area contributed by atoms with Crippen molar-refractivity contribution in [2.24, 2.45) is 0 Å². The lowest BCUT2D eigenvalue weighted by Gasteiger charge is -2.18. The first-order valence-electron chi connectivity index (χ1n) is 5.89. The van der Waals surface area contributed by atoms with Gasteiger partial charge in [-0.15, -0.1) is 0 Å². The van der Waals surface area contributed by atoms with E-state index in [1.54, 1.807) is 12.3 Å². The quantitative estimate of drug-likeness (QED) is 0.881. The summed E-state index contributed by atoms with van der Waals surface area (Å²) in [4.78, 5) is 6.30. The van der Waals surface area contributed by atoms with Crippen LogP contribution >= 0.6 is 0 Å². The third kappa shape index (κ3) is 1.84. The molecule has 0 bridgehead atoms. The van der Waals surface area contributed by atoms with Crippen molar-refractivity contribution in [3.8, 4) is 0 Å². The lowest BCUT2D eigenvalue weighted by Crippen LogP contribution is -2.14. The smallest absolute Gasteiger partial charge is 0.132 e. The van der Waals surface area contributed by atoms with Crippen LogP contribution in [0.25, 0.3) is 0 Å². The van der Waals surface area contributed by atoms with Crippen molar-refractivity contribution in [3.05, 3.63) is 53.5 Å². The molecule has 3 rings (SSSR count). The molecule has 0 aliphatic carbocycles. The molecule has 3 nitrogen and oxygen atoms in total. The first-order chi connectivity index (χ1) is 8.78. The van der Waals surface area contributed by atoms with Crippen LogP contribution in [-0.4, -0.2) is 16.6 Å². The van der Waals surface area contributed by atoms with Crippen molar-refractivity contribution in [1.29, 1.82) is 0 Å². The summed E-state index contributed by atoms with van der Waals surface area (Å²) in [6.07, 6.45) is 2.55. The van der Waals surface area contributed by atoms with E-state index in [9.17, 15) is 4.39 Å². The van der Waals surface area contributed by atoms with E-state index in [4.69, 9.17) is 5.11 Å². The van der Waals surface area contributed by atoms with Crippen LogP contribution in [0, 0.1) is 5.82 Å². The predicted octanol–water partition coefficient (Wildman–Crippen LogP) is 2.41. The molecule has 4 heteroatoms. The average Bonchev–Trinajstić information content (AvgIpc) is 2.82. The van der Waals surface area contributed by atoms with Crippen LogP contribution in [0.3, 0.4) is 0 Å². The highest BCUT2D eigenvalue weighted by molar-refractivity contribution is 5.67. The van der Waals surface area contributed by atoms with Gasteiger partial charge in [0.15, 0.2) is 0 Å². The zero-order valence-electron chi connectivity index (χ0n) is 9.81. The molecule has 1 aromatic heterocycles. The van der Waals surface area contributed by atoms with Gasteiger partial charge in [-0.05, 0) is 35.7 Å². The highest BCUT2D eigenvalue weighted by Gasteiger charge is 2.21. The molecule has 0 radical (unpaired) electrons. The Morgan fingerprint density at radius 1 is 1.28 bits per heavy atom. The molecular formula is C14H13FN2O. The van der Waals surface area contributed by atoms with Gasteiger partial charge in [0.05, 0.1) is 6.61 Å². The third-order valence-corrected chi connectivity index (χ3v) is 3.21. The number of aliphatic hydroxyl groups is 1. The van der Waals surface area contributed by atoms with Gasteiger partial charge in [-0.2, -0.15) is 0 Å². The summed E-state index contributed by atoms with van der Waals surface area (Å²) in [7, 11) is 0. The van der Waals surface area contributed by atoms with Gasteiger partial charge in [-0.3, -0.25) is 0 Å². The first kappa shape index (κ1) is 11.2. The van der Waals surface area contributed by atoms with E-state index in [1.807, 2.05) is 23.1 Å². The van der Waals surface area contributed by atoms with Gasteiger partial charge in [0, 0.05) is 18.4 Å². The number of nitrogens with zero attached hydrogens (tertiary/aromatic N) is 2. The molecule has 2 aromatic rings. The van der Waals surface area contributed by atoms with Crippen molar-refractivity contribution >= 4 is 11.5 Å². The van der Waals surface area contributed by atoms with Crippen LogP contribution in [0.1, 0.15) is 11.1 Å². The minimum atomic E-state index is -0.229. The van der Waals surface area contributed by atoms with Gasteiger partial charge in [0.1, 0.15) is 11.6 Å². The molecule has 1 N–H and O–H groups in total. The number of halogens is 1. The van der Waals surface area contributed by atoms with Gasteiger partial charge in [0.25, 0.3) is 0 Å². The number of hydrogen-bond acceptors (Lipinski definition) is 3. The highest BCUT2D eigenvalue weighted by Crippen LogP contribution is 2.33. The zero-order valence-corrected chi connectivity index (χ0v) is 9.81. The summed E-state index contributed by atoms with van der Waals surface area (Å²) < 4.78 is 13.3. The maximum atomic E-state index is 13.3. The van der Waals surface area contributed by atoms with Crippen LogP contribution in [0.5, 0.6) is 0 Å². The zero-order chi connectivity index (χ0) is 12.5. The maximum Gasteiger partial charge on any atom is 0.132 e. The molecule has 0 atom stereocenters. The Kier molecular flexibility index (Phi) is 2.72. The lowest BCUT2D eigenvalue weighted by atomic mass is 10.2. The van der Waals surface area contributed by atoms with E-state index >= 15 is 0 Å². The van der Waals surface area contributed by atoms with E-state index in [0.717, 1.165) is 35.6 Å². The van der Waals surface area contributed by atoms with Gasteiger partial charge in [0.2, 0.25) is 0 Å². The van der Waals surface area contributed by atoms with Gasteiger partial charge >= 0.3 is 0 Å². The lowest BCUT2D eigenvalue weighted by molar-refractivity contribution is 0.281. The number of rotatable bonds is 2. The maximum absolute atomic E-state index is 13.3. The summed E-state index contributed by atoms with van der Waals surface area (Å²) in [5, 5.41) is 8.98. The molecule has 0 saturated carbocycles. The normalized spacial score (nSPS) is 13.8. The van der Waals surface area contributed by atoms with E-state index < -0.39 is 0 Å². The molecular weight excluding hydrogens is 231 g/mol. The SMILES string of the molecule is OCc1ccc(N2CCc3ccc(F)cc32)nc1. The summed E-state index contributed by atoms with van der Waals surface area (Å²) in [5.74, 6) is 0.559. The van der Waals surface area contributed by atoms with Crippen molar-refractivity contribution in [3.63, 3.8) is 0 Å². The van der Waals surface area contributed by atoms with Crippen molar-refractivity contribution in [2.75, 3.05) is 11.4 Å². The summed E-state index contributed by atoms with van der Waals surface area (Å²) in [6, 6.07) is 8.55. The Hall–Kier alpha value is -1.94. The molecule has 0 saturated heterocycles. The molecule has 1 aliphatic rings. The number of fused-ring (bicyclic) bond motifs is 1. The van der Waals surface area contributed by atoms with Crippen molar-refractivity contribution < 1.29 is 9.50 Å². The molecule has 1 aromatic carbocycles. The number of aliphatic hydroxyl groups excluding tert-OH is 1. The Morgan fingerprint density at radius 3 is 2.89 bits per heavy atom. The summed E-state index contributed by atoms with van der Waals surface area (Å²) >= 11 is 0. The fourth-order valence-electron chi connectivity index (χ4n) is 2.26. The van der Waals surface area contributed by atoms with E-state index in [1.165, 1.54) is 6.07 Å². The molecule has 0 spiro atoms. The van der Waals surface area contributed by atoms with Crippen LogP contribution in [0.4, 0.5) is 15.9 Å². The third-order valence-electron chi connectivity index (χ3n) is 3.21. The first-order valence-corrected chi connectivity index (χ1v) is 5.89. The molecule has 92 valence electrons. The van der Waals surface area contributed by atoms with E-state index in [-0.39, 0.29) is 12.4 Å². The molecule has 0 fully saturated rings. The predicted molar refractivity (Wildman–Crippen MR) is 67.3 cm³/mol. The summed E-state index contributed by atoms with van der Waals surface area (Å²) in [5.41, 5.74) is 2.81. The van der Waals surface area contributed by atoms with Gasteiger partial charge in [-0.1, -0.05) is 12.1 Å². The van der Waals surface area contributed by atoms with Crippen LogP contribution < -0.4 is 4.90 Å². The molecule has 0 amide bonds. The van der Waals surface area contributed by atoms with Crippen molar-refractivity contribution in [1.82, 2.24) is 4.98 Å². The van der Waals surface area contributed by atoms with Crippen LogP contribution in [-0.2, 0) is 13.0 Å².